The largest absolute Gasteiger partial charge is 0.392 e. The average Bonchev–Trinajstić information content (AvgIpc) is 2.76. The number of amides is 1. The van der Waals surface area contributed by atoms with E-state index in [0.717, 1.165) is 28.2 Å². The molecule has 0 fully saturated rings. The third-order valence-electron chi connectivity index (χ3n) is 3.98. The molecule has 118 valence electrons. The first-order valence-corrected chi connectivity index (χ1v) is 7.55. The van der Waals surface area contributed by atoms with Crippen molar-refractivity contribution in [3.63, 3.8) is 0 Å². The molecule has 1 heterocycles. The van der Waals surface area contributed by atoms with Gasteiger partial charge in [-0.3, -0.25) is 4.79 Å². The predicted molar refractivity (Wildman–Crippen MR) is 89.3 cm³/mol. The molecule has 2 rings (SSSR count). The number of carbonyl (C=O) groups is 1. The van der Waals surface area contributed by atoms with E-state index in [-0.39, 0.29) is 12.5 Å². The molecule has 1 aromatic heterocycles. The molecule has 0 aliphatic carbocycles. The fraction of sp³-hybridized carbons (Fsp3) is 0.389. The zero-order chi connectivity index (χ0) is 16.4. The first-order chi connectivity index (χ1) is 10.3. The number of aliphatic hydroxyl groups is 1. The number of aromatic nitrogens is 1. The summed E-state index contributed by atoms with van der Waals surface area (Å²) >= 11 is 0. The lowest BCUT2D eigenvalue weighted by molar-refractivity contribution is 0.102. The van der Waals surface area contributed by atoms with Crippen LogP contribution in [0.1, 0.15) is 52.8 Å². The Balaban J connectivity index is 2.32. The van der Waals surface area contributed by atoms with Crippen molar-refractivity contribution in [1.29, 1.82) is 0 Å². The number of aliphatic hydroxyl groups excluding tert-OH is 1. The van der Waals surface area contributed by atoms with E-state index in [1.165, 1.54) is 0 Å². The van der Waals surface area contributed by atoms with Crippen molar-refractivity contribution >= 4 is 11.6 Å². The van der Waals surface area contributed by atoms with Crippen LogP contribution in [0.15, 0.2) is 24.3 Å². The van der Waals surface area contributed by atoms with Crippen LogP contribution in [0, 0.1) is 20.8 Å². The summed E-state index contributed by atoms with van der Waals surface area (Å²) in [6.45, 7) is 10.1. The van der Waals surface area contributed by atoms with Crippen molar-refractivity contribution < 1.29 is 9.90 Å². The van der Waals surface area contributed by atoms with Crippen molar-refractivity contribution in [3.05, 3.63) is 52.3 Å². The van der Waals surface area contributed by atoms with Gasteiger partial charge in [-0.2, -0.15) is 0 Å². The van der Waals surface area contributed by atoms with Crippen LogP contribution in [-0.4, -0.2) is 15.6 Å². The summed E-state index contributed by atoms with van der Waals surface area (Å²) in [5.41, 5.74) is 5.25. The average molecular weight is 300 g/mol. The maximum absolute atomic E-state index is 12.6. The van der Waals surface area contributed by atoms with Crippen LogP contribution < -0.4 is 5.32 Å². The van der Waals surface area contributed by atoms with Crippen LogP contribution in [0.3, 0.4) is 0 Å². The Morgan fingerprint density at radius 2 is 1.91 bits per heavy atom. The molecule has 1 aromatic carbocycles. The molecule has 22 heavy (non-hydrogen) atoms. The Kier molecular flexibility index (Phi) is 4.71. The van der Waals surface area contributed by atoms with Gasteiger partial charge in [0.25, 0.3) is 5.91 Å². The number of hydrogen-bond acceptors (Lipinski definition) is 2. The molecule has 0 saturated carbocycles. The molecule has 4 heteroatoms. The summed E-state index contributed by atoms with van der Waals surface area (Å²) in [5, 5.41) is 12.2. The highest BCUT2D eigenvalue weighted by Gasteiger charge is 2.17. The molecule has 0 aliphatic heterocycles. The molecule has 1 amide bonds. The number of benzene rings is 1. The Morgan fingerprint density at radius 3 is 2.45 bits per heavy atom. The maximum atomic E-state index is 12.6. The number of carbonyl (C=O) groups excluding carboxylic acids is 1. The van der Waals surface area contributed by atoms with Gasteiger partial charge in [0.2, 0.25) is 0 Å². The quantitative estimate of drug-likeness (QED) is 0.903. The molecule has 4 nitrogen and oxygen atoms in total. The van der Waals surface area contributed by atoms with E-state index in [9.17, 15) is 9.90 Å². The highest BCUT2D eigenvalue weighted by atomic mass is 16.3. The number of aryl methyl sites for hydroxylation is 2. The molecular weight excluding hydrogens is 276 g/mol. The summed E-state index contributed by atoms with van der Waals surface area (Å²) in [4.78, 5) is 12.6. The maximum Gasteiger partial charge on any atom is 0.257 e. The fourth-order valence-corrected chi connectivity index (χ4v) is 2.89. The second kappa shape index (κ2) is 6.36. The van der Waals surface area contributed by atoms with Gasteiger partial charge in [-0.15, -0.1) is 0 Å². The third-order valence-corrected chi connectivity index (χ3v) is 3.98. The predicted octanol–water partition coefficient (Wildman–Crippen LogP) is 3.74. The highest BCUT2D eigenvalue weighted by molar-refractivity contribution is 6.05. The van der Waals surface area contributed by atoms with Crippen molar-refractivity contribution in [2.45, 2.75) is 47.3 Å². The Morgan fingerprint density at radius 1 is 1.23 bits per heavy atom. The van der Waals surface area contributed by atoms with E-state index in [4.69, 9.17) is 0 Å². The van der Waals surface area contributed by atoms with Crippen LogP contribution in [0.4, 0.5) is 5.69 Å². The van der Waals surface area contributed by atoms with Crippen molar-refractivity contribution in [1.82, 2.24) is 4.57 Å². The molecule has 2 N–H and O–H groups in total. The van der Waals surface area contributed by atoms with E-state index in [1.54, 1.807) is 0 Å². The second-order valence-electron chi connectivity index (χ2n) is 6.01. The van der Waals surface area contributed by atoms with Crippen molar-refractivity contribution in [2.24, 2.45) is 0 Å². The van der Waals surface area contributed by atoms with Crippen molar-refractivity contribution in [3.8, 4) is 0 Å². The minimum atomic E-state index is -0.113. The molecule has 2 aromatic rings. The summed E-state index contributed by atoms with van der Waals surface area (Å²) in [6.07, 6.45) is 0. The van der Waals surface area contributed by atoms with E-state index >= 15 is 0 Å². The molecule has 0 atom stereocenters. The summed E-state index contributed by atoms with van der Waals surface area (Å²) < 4.78 is 2.16. The van der Waals surface area contributed by atoms with Gasteiger partial charge in [0.05, 0.1) is 12.2 Å². The molecule has 0 saturated heterocycles. The highest BCUT2D eigenvalue weighted by Crippen LogP contribution is 2.23. The minimum absolute atomic E-state index is 0.0367. The van der Waals surface area contributed by atoms with E-state index in [1.807, 2.05) is 45.0 Å². The lowest BCUT2D eigenvalue weighted by Crippen LogP contribution is -2.14. The van der Waals surface area contributed by atoms with Gasteiger partial charge in [0, 0.05) is 23.1 Å². The van der Waals surface area contributed by atoms with Gasteiger partial charge in [-0.25, -0.2) is 0 Å². The molecular formula is C18H24N2O2. The molecule has 0 spiro atoms. The van der Waals surface area contributed by atoms with Crippen LogP contribution in [-0.2, 0) is 6.61 Å². The number of rotatable bonds is 4. The Hall–Kier alpha value is -2.07. The lowest BCUT2D eigenvalue weighted by atomic mass is 10.1. The number of nitrogens with one attached hydrogen (secondary N) is 1. The Bertz CT molecular complexity index is 699. The fourth-order valence-electron chi connectivity index (χ4n) is 2.89. The molecule has 0 radical (unpaired) electrons. The van der Waals surface area contributed by atoms with E-state index in [0.29, 0.717) is 11.6 Å². The minimum Gasteiger partial charge on any atom is -0.392 e. The summed E-state index contributed by atoms with van der Waals surface area (Å²) in [6, 6.07) is 7.82. The van der Waals surface area contributed by atoms with Gasteiger partial charge in [0.15, 0.2) is 0 Å². The SMILES string of the molecule is Cc1ccc(CO)cc1NC(=O)c1cc(C)n(C(C)C)c1C. The van der Waals surface area contributed by atoms with Gasteiger partial charge >= 0.3 is 0 Å². The third kappa shape index (κ3) is 3.07. The number of hydrogen-bond donors (Lipinski definition) is 2. The number of anilines is 1. The van der Waals surface area contributed by atoms with Gasteiger partial charge in [-0.05, 0) is 57.9 Å². The molecule has 0 aliphatic rings. The lowest BCUT2D eigenvalue weighted by Gasteiger charge is -2.14. The smallest absolute Gasteiger partial charge is 0.257 e. The van der Waals surface area contributed by atoms with Crippen LogP contribution in [0.2, 0.25) is 0 Å². The van der Waals surface area contributed by atoms with Crippen molar-refractivity contribution in [2.75, 3.05) is 5.32 Å². The summed E-state index contributed by atoms with van der Waals surface area (Å²) in [5.74, 6) is -0.113. The van der Waals surface area contributed by atoms with E-state index < -0.39 is 0 Å². The molecule has 0 bridgehead atoms. The normalized spacial score (nSPS) is 11.0. The second-order valence-corrected chi connectivity index (χ2v) is 6.01. The standard InChI is InChI=1S/C18H24N2O2/c1-11(2)20-13(4)8-16(14(20)5)18(22)19-17-9-15(10-21)7-6-12(17)3/h6-9,11,21H,10H2,1-5H3,(H,19,22). The topological polar surface area (TPSA) is 54.3 Å². The van der Waals surface area contributed by atoms with Gasteiger partial charge in [0.1, 0.15) is 0 Å². The van der Waals surface area contributed by atoms with Gasteiger partial charge < -0.3 is 15.0 Å². The Labute approximate surface area is 131 Å². The number of nitrogens with zero attached hydrogens (tertiary/aromatic N) is 1. The zero-order valence-electron chi connectivity index (χ0n) is 13.9. The summed E-state index contributed by atoms with van der Waals surface area (Å²) in [7, 11) is 0. The zero-order valence-corrected chi connectivity index (χ0v) is 13.9. The first kappa shape index (κ1) is 16.3. The monoisotopic (exact) mass is 300 g/mol. The van der Waals surface area contributed by atoms with Crippen LogP contribution in [0.5, 0.6) is 0 Å². The van der Waals surface area contributed by atoms with E-state index in [2.05, 4.69) is 23.7 Å². The molecule has 0 unspecified atom stereocenters. The first-order valence-electron chi connectivity index (χ1n) is 7.55. The van der Waals surface area contributed by atoms with Gasteiger partial charge in [-0.1, -0.05) is 12.1 Å². The van der Waals surface area contributed by atoms with Crippen LogP contribution in [0.25, 0.3) is 0 Å². The van der Waals surface area contributed by atoms with Crippen LogP contribution >= 0.6 is 0 Å².